The molecule has 0 unspecified atom stereocenters. The normalized spacial score (nSPS) is 10.9. The Labute approximate surface area is 104 Å². The Morgan fingerprint density at radius 2 is 2.00 bits per heavy atom. The lowest BCUT2D eigenvalue weighted by molar-refractivity contribution is 0.102. The SMILES string of the molecule is Cc1ccc(C(=O)/C=C/c2cc(O)ccc2O)o1. The minimum absolute atomic E-state index is 0.00697. The van der Waals surface area contributed by atoms with Crippen LogP contribution in [0.3, 0.4) is 0 Å². The van der Waals surface area contributed by atoms with Crippen molar-refractivity contribution in [2.24, 2.45) is 0 Å². The van der Waals surface area contributed by atoms with Gasteiger partial charge in [0.2, 0.25) is 5.78 Å². The van der Waals surface area contributed by atoms with Gasteiger partial charge in [0, 0.05) is 5.56 Å². The first-order valence-electron chi connectivity index (χ1n) is 5.37. The lowest BCUT2D eigenvalue weighted by Gasteiger charge is -1.99. The van der Waals surface area contributed by atoms with Gasteiger partial charge in [-0.25, -0.2) is 0 Å². The van der Waals surface area contributed by atoms with Crippen LogP contribution in [0.15, 0.2) is 40.8 Å². The highest BCUT2D eigenvalue weighted by Gasteiger charge is 2.06. The number of aryl methyl sites for hydroxylation is 1. The number of carbonyl (C=O) groups excluding carboxylic acids is 1. The zero-order valence-corrected chi connectivity index (χ0v) is 9.75. The van der Waals surface area contributed by atoms with Gasteiger partial charge in [0.25, 0.3) is 0 Å². The lowest BCUT2D eigenvalue weighted by atomic mass is 10.1. The quantitative estimate of drug-likeness (QED) is 0.494. The molecule has 0 bridgehead atoms. The smallest absolute Gasteiger partial charge is 0.221 e. The highest BCUT2D eigenvalue weighted by Crippen LogP contribution is 2.23. The second kappa shape index (κ2) is 4.79. The molecule has 1 aromatic carbocycles. The molecule has 2 aromatic rings. The summed E-state index contributed by atoms with van der Waals surface area (Å²) < 4.78 is 5.17. The van der Waals surface area contributed by atoms with Crippen molar-refractivity contribution >= 4 is 11.9 Å². The maximum absolute atomic E-state index is 11.7. The summed E-state index contributed by atoms with van der Waals surface area (Å²) in [6.07, 6.45) is 2.71. The van der Waals surface area contributed by atoms with Gasteiger partial charge in [-0.3, -0.25) is 4.79 Å². The van der Waals surface area contributed by atoms with E-state index >= 15 is 0 Å². The summed E-state index contributed by atoms with van der Waals surface area (Å²) in [5.41, 5.74) is 0.367. The molecule has 0 aliphatic heterocycles. The van der Waals surface area contributed by atoms with Gasteiger partial charge in [-0.2, -0.15) is 0 Å². The number of phenolic OH excluding ortho intramolecular Hbond substituents is 2. The Bertz CT molecular complexity index is 608. The van der Waals surface area contributed by atoms with Crippen molar-refractivity contribution in [2.45, 2.75) is 6.92 Å². The molecular weight excluding hydrogens is 232 g/mol. The number of carbonyl (C=O) groups is 1. The van der Waals surface area contributed by atoms with Crippen LogP contribution in [0, 0.1) is 6.92 Å². The number of hydrogen-bond donors (Lipinski definition) is 2. The zero-order valence-electron chi connectivity index (χ0n) is 9.75. The van der Waals surface area contributed by atoms with Gasteiger partial charge in [0.15, 0.2) is 5.76 Å². The summed E-state index contributed by atoms with van der Waals surface area (Å²) in [5.74, 6) is 0.613. The molecular formula is C14H12O4. The predicted octanol–water partition coefficient (Wildman–Crippen LogP) is 2.90. The second-order valence-corrected chi connectivity index (χ2v) is 3.85. The Morgan fingerprint density at radius 3 is 2.67 bits per heavy atom. The van der Waals surface area contributed by atoms with E-state index < -0.39 is 0 Å². The molecule has 0 atom stereocenters. The number of hydrogen-bond acceptors (Lipinski definition) is 4. The highest BCUT2D eigenvalue weighted by atomic mass is 16.3. The molecule has 0 aliphatic carbocycles. The molecule has 1 heterocycles. The average Bonchev–Trinajstić information content (AvgIpc) is 2.77. The maximum Gasteiger partial charge on any atom is 0.221 e. The van der Waals surface area contributed by atoms with Crippen LogP contribution in [0.5, 0.6) is 11.5 Å². The largest absolute Gasteiger partial charge is 0.508 e. The van der Waals surface area contributed by atoms with Crippen molar-refractivity contribution in [3.63, 3.8) is 0 Å². The fourth-order valence-electron chi connectivity index (χ4n) is 1.49. The van der Waals surface area contributed by atoms with Gasteiger partial charge in [0.1, 0.15) is 17.3 Å². The van der Waals surface area contributed by atoms with Crippen LogP contribution >= 0.6 is 0 Å². The molecule has 0 saturated heterocycles. The molecule has 92 valence electrons. The fraction of sp³-hybridized carbons (Fsp3) is 0.0714. The average molecular weight is 244 g/mol. The van der Waals surface area contributed by atoms with Crippen LogP contribution in [-0.2, 0) is 0 Å². The third kappa shape index (κ3) is 2.60. The minimum Gasteiger partial charge on any atom is -0.508 e. The molecule has 4 heteroatoms. The first kappa shape index (κ1) is 12.0. The molecule has 4 nitrogen and oxygen atoms in total. The minimum atomic E-state index is -0.300. The molecule has 1 aromatic heterocycles. The van der Waals surface area contributed by atoms with Crippen molar-refractivity contribution in [3.8, 4) is 11.5 Å². The Balaban J connectivity index is 2.20. The van der Waals surface area contributed by atoms with Crippen LogP contribution in [0.25, 0.3) is 6.08 Å². The summed E-state index contributed by atoms with van der Waals surface area (Å²) in [7, 11) is 0. The van der Waals surface area contributed by atoms with Gasteiger partial charge in [-0.05, 0) is 49.4 Å². The highest BCUT2D eigenvalue weighted by molar-refractivity contribution is 6.05. The number of rotatable bonds is 3. The van der Waals surface area contributed by atoms with Crippen LogP contribution in [0.2, 0.25) is 0 Å². The van der Waals surface area contributed by atoms with E-state index in [0.29, 0.717) is 11.3 Å². The van der Waals surface area contributed by atoms with Crippen LogP contribution in [-0.4, -0.2) is 16.0 Å². The fourth-order valence-corrected chi connectivity index (χ4v) is 1.49. The molecule has 0 saturated carbocycles. The molecule has 18 heavy (non-hydrogen) atoms. The summed E-state index contributed by atoms with van der Waals surface area (Å²) in [6, 6.07) is 7.38. The monoisotopic (exact) mass is 244 g/mol. The van der Waals surface area contributed by atoms with E-state index in [1.165, 1.54) is 30.4 Å². The molecule has 0 radical (unpaired) electrons. The van der Waals surface area contributed by atoms with Gasteiger partial charge in [0.05, 0.1) is 0 Å². The molecule has 0 spiro atoms. The maximum atomic E-state index is 11.7. The van der Waals surface area contributed by atoms with E-state index in [4.69, 9.17) is 4.42 Å². The van der Waals surface area contributed by atoms with Gasteiger partial charge < -0.3 is 14.6 Å². The van der Waals surface area contributed by atoms with E-state index in [1.807, 2.05) is 0 Å². The number of allylic oxidation sites excluding steroid dienone is 1. The summed E-state index contributed by atoms with van der Waals surface area (Å²) in [5, 5.41) is 18.8. The van der Waals surface area contributed by atoms with E-state index in [0.717, 1.165) is 0 Å². The predicted molar refractivity (Wildman–Crippen MR) is 66.6 cm³/mol. The first-order valence-corrected chi connectivity index (χ1v) is 5.37. The topological polar surface area (TPSA) is 70.7 Å². The van der Waals surface area contributed by atoms with Crippen LogP contribution < -0.4 is 0 Å². The first-order chi connectivity index (χ1) is 8.56. The Morgan fingerprint density at radius 1 is 1.22 bits per heavy atom. The summed E-state index contributed by atoms with van der Waals surface area (Å²) in [4.78, 5) is 11.7. The lowest BCUT2D eigenvalue weighted by Crippen LogP contribution is -1.90. The molecule has 2 N–H and O–H groups in total. The van der Waals surface area contributed by atoms with Crippen molar-refractivity contribution in [1.29, 1.82) is 0 Å². The molecule has 2 rings (SSSR count). The summed E-state index contributed by atoms with van der Waals surface area (Å²) in [6.45, 7) is 1.75. The van der Waals surface area contributed by atoms with Crippen LogP contribution in [0.4, 0.5) is 0 Å². The van der Waals surface area contributed by atoms with Crippen LogP contribution in [0.1, 0.15) is 21.9 Å². The number of benzene rings is 1. The second-order valence-electron chi connectivity index (χ2n) is 3.85. The van der Waals surface area contributed by atoms with Gasteiger partial charge >= 0.3 is 0 Å². The van der Waals surface area contributed by atoms with Crippen molar-refractivity contribution in [1.82, 2.24) is 0 Å². The standard InChI is InChI=1S/C14H12O4/c1-9-2-7-14(18-9)13(17)5-3-10-8-11(15)4-6-12(10)16/h2-8,15-16H,1H3/b5-3+. The zero-order chi connectivity index (χ0) is 13.1. The third-order valence-electron chi connectivity index (χ3n) is 2.41. The number of phenols is 2. The molecule has 0 aliphatic rings. The van der Waals surface area contributed by atoms with Crippen molar-refractivity contribution in [2.75, 3.05) is 0 Å². The van der Waals surface area contributed by atoms with Crippen molar-refractivity contribution < 1.29 is 19.4 Å². The van der Waals surface area contributed by atoms with E-state index in [9.17, 15) is 15.0 Å². The molecule has 0 fully saturated rings. The van der Waals surface area contributed by atoms with E-state index in [-0.39, 0.29) is 23.0 Å². The van der Waals surface area contributed by atoms with Gasteiger partial charge in [-0.1, -0.05) is 0 Å². The van der Waals surface area contributed by atoms with Gasteiger partial charge in [-0.15, -0.1) is 0 Å². The Hall–Kier alpha value is -2.49. The summed E-state index contributed by atoms with van der Waals surface area (Å²) >= 11 is 0. The number of ketones is 1. The number of aromatic hydroxyl groups is 2. The number of furan rings is 1. The van der Waals surface area contributed by atoms with E-state index in [1.54, 1.807) is 19.1 Å². The third-order valence-corrected chi connectivity index (χ3v) is 2.41. The van der Waals surface area contributed by atoms with Crippen molar-refractivity contribution in [3.05, 3.63) is 53.5 Å². The molecule has 0 amide bonds. The Kier molecular flexibility index (Phi) is 3.19. The van der Waals surface area contributed by atoms with E-state index in [2.05, 4.69) is 0 Å².